The van der Waals surface area contributed by atoms with E-state index in [1.165, 1.54) is 65.2 Å². The molecule has 3 fully saturated rings. The highest BCUT2D eigenvalue weighted by Crippen LogP contribution is 2.53. The highest BCUT2D eigenvalue weighted by molar-refractivity contribution is 7.50. The summed E-state index contributed by atoms with van der Waals surface area (Å²) in [6.45, 7) is 10.2. The van der Waals surface area contributed by atoms with Crippen molar-refractivity contribution in [1.82, 2.24) is 19.3 Å². The fourth-order valence-corrected chi connectivity index (χ4v) is 5.64. The Morgan fingerprint density at radius 2 is 1.33 bits per heavy atom. The third kappa shape index (κ3) is 2.06. The number of hydrogen-bond acceptors (Lipinski definition) is 4. The lowest BCUT2D eigenvalue weighted by atomic mass is 10.3. The third-order valence-electron chi connectivity index (χ3n) is 3.52. The summed E-state index contributed by atoms with van der Waals surface area (Å²) in [6.07, 6.45) is 2.69. The zero-order valence-corrected chi connectivity index (χ0v) is 10.3. The van der Waals surface area contributed by atoms with E-state index in [9.17, 15) is 0 Å². The van der Waals surface area contributed by atoms with Crippen LogP contribution in [0.25, 0.3) is 0 Å². The molecule has 3 rings (SSSR count). The molecule has 1 atom stereocenters. The van der Waals surface area contributed by atoms with E-state index in [0.29, 0.717) is 0 Å². The zero-order chi connectivity index (χ0) is 10.1. The maximum absolute atomic E-state index is 3.54. The second-order valence-corrected chi connectivity index (χ2v) is 6.82. The van der Waals surface area contributed by atoms with Crippen LogP contribution in [0.5, 0.6) is 0 Å². The van der Waals surface area contributed by atoms with Gasteiger partial charge in [0.05, 0.1) is 0 Å². The fourth-order valence-electron chi connectivity index (χ4n) is 2.80. The van der Waals surface area contributed by atoms with Crippen LogP contribution in [0.4, 0.5) is 0 Å². The van der Waals surface area contributed by atoms with Gasteiger partial charge in [0.2, 0.25) is 0 Å². The molecule has 0 aliphatic carbocycles. The largest absolute Gasteiger partial charge is 0.315 e. The fraction of sp³-hybridized carbons (Fsp3) is 1.00. The van der Waals surface area contributed by atoms with E-state index in [1.54, 1.807) is 0 Å². The number of hydrogen-bond donors (Lipinski definition) is 1. The minimum Gasteiger partial charge on any atom is -0.315 e. The molecule has 0 bridgehead atoms. The summed E-state index contributed by atoms with van der Waals surface area (Å²) >= 11 is 0. The normalized spacial score (nSPS) is 35.6. The van der Waals surface area contributed by atoms with Crippen molar-refractivity contribution in [3.63, 3.8) is 0 Å². The molecular weight excluding hydrogens is 207 g/mol. The first-order valence-electron chi connectivity index (χ1n) is 6.20. The molecule has 0 saturated carbocycles. The van der Waals surface area contributed by atoms with Crippen molar-refractivity contribution >= 4 is 8.37 Å². The van der Waals surface area contributed by atoms with E-state index in [1.807, 2.05) is 0 Å². The van der Waals surface area contributed by atoms with Crippen molar-refractivity contribution in [3.05, 3.63) is 0 Å². The minimum absolute atomic E-state index is 0.0583. The van der Waals surface area contributed by atoms with Crippen LogP contribution in [0, 0.1) is 0 Å². The molecule has 3 aliphatic heterocycles. The second-order valence-electron chi connectivity index (χ2n) is 4.59. The standard InChI is InChI=1S/C10H21N4P/c1-3-11-4-8-12-6-2-7-14-10-9-13(5-1)15(12)14/h11H,1-10H2. The van der Waals surface area contributed by atoms with Gasteiger partial charge in [-0.2, -0.15) is 0 Å². The number of nitrogens with one attached hydrogen (secondary N) is 1. The maximum Gasteiger partial charge on any atom is 0.120 e. The van der Waals surface area contributed by atoms with Gasteiger partial charge in [-0.25, -0.2) is 0 Å². The Morgan fingerprint density at radius 1 is 0.667 bits per heavy atom. The van der Waals surface area contributed by atoms with Crippen molar-refractivity contribution in [1.29, 1.82) is 0 Å². The van der Waals surface area contributed by atoms with Gasteiger partial charge in [0.1, 0.15) is 8.37 Å². The summed E-state index contributed by atoms with van der Waals surface area (Å²) in [5.74, 6) is 0. The third-order valence-corrected chi connectivity index (χ3v) is 6.24. The van der Waals surface area contributed by atoms with E-state index >= 15 is 0 Å². The summed E-state index contributed by atoms with van der Waals surface area (Å²) in [5, 5.41) is 3.54. The Labute approximate surface area is 93.5 Å². The zero-order valence-electron chi connectivity index (χ0n) is 9.36. The van der Waals surface area contributed by atoms with Gasteiger partial charge in [0, 0.05) is 45.8 Å². The second kappa shape index (κ2) is 4.64. The molecule has 3 saturated heterocycles. The van der Waals surface area contributed by atoms with E-state index < -0.39 is 0 Å². The summed E-state index contributed by atoms with van der Waals surface area (Å²) in [6, 6.07) is 0. The molecular formula is C10H21N4P. The molecule has 1 unspecified atom stereocenters. The van der Waals surface area contributed by atoms with Gasteiger partial charge in [0.15, 0.2) is 0 Å². The smallest absolute Gasteiger partial charge is 0.120 e. The Hall–Kier alpha value is 0.270. The van der Waals surface area contributed by atoms with Crippen molar-refractivity contribution < 1.29 is 0 Å². The van der Waals surface area contributed by atoms with Crippen LogP contribution in [0.2, 0.25) is 0 Å². The first-order valence-corrected chi connectivity index (χ1v) is 7.40. The van der Waals surface area contributed by atoms with Crippen molar-refractivity contribution in [2.45, 2.75) is 12.8 Å². The molecule has 4 nitrogen and oxygen atoms in total. The summed E-state index contributed by atoms with van der Waals surface area (Å²) < 4.78 is 8.19. The number of nitrogens with zero attached hydrogens (tertiary/aromatic N) is 3. The van der Waals surface area contributed by atoms with Crippen LogP contribution >= 0.6 is 8.37 Å². The molecule has 0 aromatic carbocycles. The molecule has 15 heavy (non-hydrogen) atoms. The van der Waals surface area contributed by atoms with Gasteiger partial charge < -0.3 is 5.32 Å². The monoisotopic (exact) mass is 228 g/mol. The van der Waals surface area contributed by atoms with Crippen LogP contribution in [-0.2, 0) is 0 Å². The Morgan fingerprint density at radius 3 is 2.13 bits per heavy atom. The molecule has 0 aromatic heterocycles. The van der Waals surface area contributed by atoms with Crippen molar-refractivity contribution in [2.24, 2.45) is 0 Å². The molecule has 0 aromatic rings. The molecule has 5 heteroatoms. The van der Waals surface area contributed by atoms with Gasteiger partial charge in [-0.1, -0.05) is 0 Å². The summed E-state index contributed by atoms with van der Waals surface area (Å²) in [7, 11) is -0.0583. The van der Waals surface area contributed by atoms with E-state index in [4.69, 9.17) is 0 Å². The molecule has 0 spiro atoms. The highest BCUT2D eigenvalue weighted by Gasteiger charge is 2.38. The van der Waals surface area contributed by atoms with Gasteiger partial charge in [-0.15, -0.1) is 0 Å². The molecule has 0 radical (unpaired) electrons. The van der Waals surface area contributed by atoms with Crippen LogP contribution in [0.3, 0.4) is 0 Å². The Balaban J connectivity index is 1.76. The van der Waals surface area contributed by atoms with E-state index in [-0.39, 0.29) is 8.37 Å². The molecule has 3 heterocycles. The topological polar surface area (TPSA) is 21.8 Å². The lowest BCUT2D eigenvalue weighted by Crippen LogP contribution is -2.39. The van der Waals surface area contributed by atoms with Crippen LogP contribution < -0.4 is 5.32 Å². The van der Waals surface area contributed by atoms with Gasteiger partial charge in [-0.05, 0) is 19.4 Å². The molecule has 1 N–H and O–H groups in total. The molecule has 3 aliphatic rings. The van der Waals surface area contributed by atoms with Gasteiger partial charge in [-0.3, -0.25) is 14.0 Å². The molecule has 86 valence electrons. The molecule has 0 amide bonds. The maximum atomic E-state index is 3.54. The average Bonchev–Trinajstić information content (AvgIpc) is 2.70. The quantitative estimate of drug-likeness (QED) is 0.610. The lowest BCUT2D eigenvalue weighted by Gasteiger charge is -2.41. The summed E-state index contributed by atoms with van der Waals surface area (Å²) in [4.78, 5) is 0. The minimum atomic E-state index is -0.0583. The van der Waals surface area contributed by atoms with E-state index in [2.05, 4.69) is 19.3 Å². The summed E-state index contributed by atoms with van der Waals surface area (Å²) in [5.41, 5.74) is 0. The SMILES string of the molecule is C1CNCCN2CCCN3CCN(C1)P23. The Bertz CT molecular complexity index is 225. The lowest BCUT2D eigenvalue weighted by molar-refractivity contribution is 0.334. The van der Waals surface area contributed by atoms with Crippen molar-refractivity contribution in [3.8, 4) is 0 Å². The van der Waals surface area contributed by atoms with Crippen LogP contribution in [0.15, 0.2) is 0 Å². The van der Waals surface area contributed by atoms with Gasteiger partial charge >= 0.3 is 0 Å². The number of rotatable bonds is 0. The van der Waals surface area contributed by atoms with Crippen molar-refractivity contribution in [2.75, 3.05) is 52.4 Å². The van der Waals surface area contributed by atoms with E-state index in [0.717, 1.165) is 0 Å². The predicted octanol–water partition coefficient (Wildman–Crippen LogP) is 0.530. The Kier molecular flexibility index (Phi) is 3.23. The first-order chi connectivity index (χ1) is 7.45. The van der Waals surface area contributed by atoms with Gasteiger partial charge in [0.25, 0.3) is 0 Å². The van der Waals surface area contributed by atoms with Crippen LogP contribution in [0.1, 0.15) is 12.8 Å². The first kappa shape index (κ1) is 10.4. The van der Waals surface area contributed by atoms with Crippen LogP contribution in [-0.4, -0.2) is 66.4 Å². The average molecular weight is 228 g/mol. The predicted molar refractivity (Wildman–Crippen MR) is 63.7 cm³/mol. The highest BCUT2D eigenvalue weighted by atomic mass is 31.2.